The van der Waals surface area contributed by atoms with Crippen molar-refractivity contribution in [1.82, 2.24) is 10.3 Å². The molecular formula is C26H32N4O4. The fraction of sp³-hybridized carbons (Fsp3) is 0.462. The first-order chi connectivity index (χ1) is 16.5. The lowest BCUT2D eigenvalue weighted by molar-refractivity contribution is 0.0305. The van der Waals surface area contributed by atoms with Gasteiger partial charge in [-0.2, -0.15) is 5.10 Å². The van der Waals surface area contributed by atoms with Crippen LogP contribution in [0.15, 0.2) is 41.5 Å². The number of ether oxygens (including phenoxy) is 3. The van der Waals surface area contributed by atoms with Gasteiger partial charge in [-0.3, -0.25) is 0 Å². The summed E-state index contributed by atoms with van der Waals surface area (Å²) in [6.45, 7) is 3.86. The molecule has 3 unspecified atom stereocenters. The monoisotopic (exact) mass is 464 g/mol. The normalized spacial score (nSPS) is 23.6. The van der Waals surface area contributed by atoms with Gasteiger partial charge in [-0.05, 0) is 56.0 Å². The van der Waals surface area contributed by atoms with Crippen molar-refractivity contribution >= 4 is 17.4 Å². The predicted molar refractivity (Wildman–Crippen MR) is 131 cm³/mol. The number of hydrogen-bond acceptors (Lipinski definition) is 6. The van der Waals surface area contributed by atoms with Crippen molar-refractivity contribution in [3.63, 3.8) is 0 Å². The highest BCUT2D eigenvalue weighted by Crippen LogP contribution is 2.35. The fourth-order valence-electron chi connectivity index (χ4n) is 5.20. The molecule has 2 amide bonds. The number of hydrogen-bond donors (Lipinski definition) is 1. The summed E-state index contributed by atoms with van der Waals surface area (Å²) in [5, 5.41) is 9.10. The maximum atomic E-state index is 12.7. The molecule has 0 aliphatic carbocycles. The molecule has 180 valence electrons. The van der Waals surface area contributed by atoms with Crippen LogP contribution in [0, 0.1) is 0 Å². The molecule has 2 bridgehead atoms. The van der Waals surface area contributed by atoms with E-state index in [1.807, 2.05) is 19.1 Å². The first kappa shape index (κ1) is 22.5. The minimum atomic E-state index is -0.239. The number of carbonyl (C=O) groups is 1. The third-order valence-electron chi connectivity index (χ3n) is 6.98. The molecule has 2 aromatic rings. The van der Waals surface area contributed by atoms with Crippen molar-refractivity contribution in [3.05, 3.63) is 53.1 Å². The van der Waals surface area contributed by atoms with Crippen LogP contribution in [0.5, 0.6) is 11.5 Å². The smallest absolute Gasteiger partial charge is 0.337 e. The molecule has 2 saturated heterocycles. The van der Waals surface area contributed by atoms with Gasteiger partial charge in [0.1, 0.15) is 0 Å². The summed E-state index contributed by atoms with van der Waals surface area (Å²) in [6.07, 6.45) is 3.60. The first-order valence-corrected chi connectivity index (χ1v) is 11.9. The summed E-state index contributed by atoms with van der Waals surface area (Å²) < 4.78 is 17.1. The Labute approximate surface area is 200 Å². The summed E-state index contributed by atoms with van der Waals surface area (Å²) in [6, 6.07) is 12.0. The molecule has 5 rings (SSSR count). The van der Waals surface area contributed by atoms with Crippen LogP contribution < -0.4 is 19.7 Å². The molecule has 0 spiro atoms. The Hall–Kier alpha value is -3.26. The molecule has 0 radical (unpaired) electrons. The molecule has 3 atom stereocenters. The van der Waals surface area contributed by atoms with Crippen molar-refractivity contribution in [1.29, 1.82) is 0 Å². The van der Waals surface area contributed by atoms with E-state index in [2.05, 4.69) is 34.5 Å². The number of benzene rings is 2. The topological polar surface area (TPSA) is 75.6 Å². The number of nitrogens with one attached hydrogen (secondary N) is 1. The first-order valence-electron chi connectivity index (χ1n) is 11.9. The SMILES string of the molecule is CNC(=O)N1N=C(c2ccc(N3CC4CCC(C3)O4)cc2)c2cc(OC)c(OC)cc2CC1C. The van der Waals surface area contributed by atoms with Crippen molar-refractivity contribution in [3.8, 4) is 11.5 Å². The average molecular weight is 465 g/mol. The van der Waals surface area contributed by atoms with Crippen LogP contribution in [0.25, 0.3) is 0 Å². The van der Waals surface area contributed by atoms with Gasteiger partial charge >= 0.3 is 6.03 Å². The summed E-state index contributed by atoms with van der Waals surface area (Å²) in [4.78, 5) is 15.1. The van der Waals surface area contributed by atoms with Crippen LogP contribution in [0.2, 0.25) is 0 Å². The van der Waals surface area contributed by atoms with E-state index in [1.54, 1.807) is 21.3 Å². The number of fused-ring (bicyclic) bond motifs is 3. The maximum absolute atomic E-state index is 12.7. The quantitative estimate of drug-likeness (QED) is 0.751. The van der Waals surface area contributed by atoms with Crippen molar-refractivity contribution in [2.24, 2.45) is 5.10 Å². The molecule has 0 aromatic heterocycles. The molecule has 8 heteroatoms. The molecule has 34 heavy (non-hydrogen) atoms. The minimum absolute atomic E-state index is 0.127. The third kappa shape index (κ3) is 4.07. The van der Waals surface area contributed by atoms with Gasteiger partial charge in [-0.1, -0.05) is 12.1 Å². The van der Waals surface area contributed by atoms with E-state index in [0.717, 1.165) is 48.3 Å². The third-order valence-corrected chi connectivity index (χ3v) is 6.98. The van der Waals surface area contributed by atoms with Crippen LogP contribution in [-0.4, -0.2) is 69.4 Å². The molecule has 2 aromatic carbocycles. The van der Waals surface area contributed by atoms with Crippen molar-refractivity contribution in [2.75, 3.05) is 39.3 Å². The van der Waals surface area contributed by atoms with Gasteiger partial charge in [-0.15, -0.1) is 0 Å². The van der Waals surface area contributed by atoms with Gasteiger partial charge in [0.2, 0.25) is 0 Å². The van der Waals surface area contributed by atoms with Crippen molar-refractivity contribution < 1.29 is 19.0 Å². The zero-order valence-electron chi connectivity index (χ0n) is 20.2. The van der Waals surface area contributed by atoms with Gasteiger partial charge < -0.3 is 24.4 Å². The molecule has 8 nitrogen and oxygen atoms in total. The zero-order chi connectivity index (χ0) is 23.8. The lowest BCUT2D eigenvalue weighted by Gasteiger charge is -2.34. The van der Waals surface area contributed by atoms with Crippen LogP contribution in [0.3, 0.4) is 0 Å². The Balaban J connectivity index is 1.55. The number of nitrogens with zero attached hydrogens (tertiary/aromatic N) is 3. The van der Waals surface area contributed by atoms with Crippen LogP contribution in [0.1, 0.15) is 36.5 Å². The Morgan fingerprint density at radius 3 is 2.32 bits per heavy atom. The number of morpholine rings is 1. The van der Waals surface area contributed by atoms with E-state index in [1.165, 1.54) is 10.7 Å². The molecule has 2 fully saturated rings. The van der Waals surface area contributed by atoms with Gasteiger partial charge in [0.15, 0.2) is 11.5 Å². The second-order valence-electron chi connectivity index (χ2n) is 9.18. The minimum Gasteiger partial charge on any atom is -0.493 e. The lowest BCUT2D eigenvalue weighted by atomic mass is 9.94. The lowest BCUT2D eigenvalue weighted by Crippen LogP contribution is -2.42. The van der Waals surface area contributed by atoms with Crippen LogP contribution in [0.4, 0.5) is 10.5 Å². The fourth-order valence-corrected chi connectivity index (χ4v) is 5.20. The maximum Gasteiger partial charge on any atom is 0.337 e. The summed E-state index contributed by atoms with van der Waals surface area (Å²) in [5.41, 5.74) is 4.85. The van der Waals surface area contributed by atoms with Gasteiger partial charge in [0.25, 0.3) is 0 Å². The van der Waals surface area contributed by atoms with Crippen LogP contribution in [-0.2, 0) is 11.2 Å². The number of methoxy groups -OCH3 is 2. The Morgan fingerprint density at radius 1 is 1.06 bits per heavy atom. The summed E-state index contributed by atoms with van der Waals surface area (Å²) >= 11 is 0. The second kappa shape index (κ2) is 9.18. The van der Waals surface area contributed by atoms with E-state index in [9.17, 15) is 4.79 Å². The van der Waals surface area contributed by atoms with Gasteiger partial charge in [0, 0.05) is 37.0 Å². The largest absolute Gasteiger partial charge is 0.493 e. The molecule has 3 heterocycles. The van der Waals surface area contributed by atoms with E-state index in [-0.39, 0.29) is 12.1 Å². The molecular weight excluding hydrogens is 432 g/mol. The van der Waals surface area contributed by atoms with Gasteiger partial charge in [-0.25, -0.2) is 9.80 Å². The van der Waals surface area contributed by atoms with Gasteiger partial charge in [0.05, 0.1) is 38.2 Å². The summed E-state index contributed by atoms with van der Waals surface area (Å²) in [5.74, 6) is 1.30. The van der Waals surface area contributed by atoms with Crippen molar-refractivity contribution in [2.45, 2.75) is 44.4 Å². The predicted octanol–water partition coefficient (Wildman–Crippen LogP) is 3.41. The summed E-state index contributed by atoms with van der Waals surface area (Å²) in [7, 11) is 4.88. The Bertz CT molecular complexity index is 1090. The van der Waals surface area contributed by atoms with E-state index in [4.69, 9.17) is 19.3 Å². The number of hydrazone groups is 1. The second-order valence-corrected chi connectivity index (χ2v) is 9.18. The molecule has 1 N–H and O–H groups in total. The number of amides is 2. The number of anilines is 1. The average Bonchev–Trinajstić information content (AvgIpc) is 3.13. The number of carbonyl (C=O) groups excluding carboxylic acids is 1. The highest BCUT2D eigenvalue weighted by Gasteiger charge is 2.34. The zero-order valence-corrected chi connectivity index (χ0v) is 20.2. The number of urea groups is 1. The van der Waals surface area contributed by atoms with Crippen LogP contribution >= 0.6 is 0 Å². The molecule has 0 saturated carbocycles. The molecule has 3 aliphatic heterocycles. The highest BCUT2D eigenvalue weighted by molar-refractivity contribution is 6.14. The van der Waals surface area contributed by atoms with E-state index >= 15 is 0 Å². The van der Waals surface area contributed by atoms with E-state index in [0.29, 0.717) is 30.1 Å². The Morgan fingerprint density at radius 2 is 1.71 bits per heavy atom. The van der Waals surface area contributed by atoms with E-state index < -0.39 is 0 Å². The Kier molecular flexibility index (Phi) is 6.08. The highest BCUT2D eigenvalue weighted by atomic mass is 16.5. The standard InChI is InChI=1S/C26H32N4O4/c1-16-11-18-12-23(32-3)24(33-4)13-22(18)25(28-30(16)26(31)27-2)17-5-7-19(8-6-17)29-14-20-9-10-21(15-29)34-20/h5-8,12-13,16,20-21H,9-11,14-15H2,1-4H3,(H,27,31). The molecule has 3 aliphatic rings. The number of rotatable bonds is 4.